The molecule has 142 heavy (non-hydrogen) atoms. The summed E-state index contributed by atoms with van der Waals surface area (Å²) in [6, 6.07) is 10.4. The number of piperidine rings is 4. The number of benzene rings is 4. The molecule has 15 N–H and O–H groups in total. The second kappa shape index (κ2) is 62.4. The molecule has 0 spiro atoms. The van der Waals surface area contributed by atoms with Crippen LogP contribution >= 0.6 is 91.8 Å². The van der Waals surface area contributed by atoms with Crippen LogP contribution in [0.25, 0.3) is 0 Å². The molecule has 4 aromatic heterocycles. The van der Waals surface area contributed by atoms with Gasteiger partial charge in [0, 0.05) is 131 Å². The molecule has 8 aromatic rings. The maximum absolute atomic E-state index is 14.5. The van der Waals surface area contributed by atoms with Gasteiger partial charge in [-0.15, -0.1) is 45.3 Å². The molecule has 4 saturated heterocycles. The van der Waals surface area contributed by atoms with E-state index in [0.717, 1.165) is 218 Å². The van der Waals surface area contributed by atoms with Crippen LogP contribution in [0.3, 0.4) is 0 Å². The SMILES string of the molecule is CC(=O)C(F)(F)F.CC(=O)C(F)(F)F.CC(C)(C)OC(=O)N1CCCC[C@@H]1C=O.NCCCCNc1cc(F)c(S(=O)(=O)Cc2nccs2)cc1Cl.O=S(=O)(Nc1nccs1)c1cc(Cl)c(NCCCCNC[C@H]2CCCCN2)cc1F.O=S(=O)(Nc1nccs1)c1cc(Cl)c(NCCCCNC[C@H]2CCCCN2)cc1F.O=S(=O)(Nc1nccs1)c1cc(Cl)c(NCCCCNC[C@H]2CCCCN2)cc1F. The highest BCUT2D eigenvalue weighted by Gasteiger charge is 2.36. The summed E-state index contributed by atoms with van der Waals surface area (Å²) in [6.45, 7) is 19.1. The van der Waals surface area contributed by atoms with E-state index in [0.29, 0.717) is 99.0 Å². The molecule has 0 aliphatic carbocycles. The maximum Gasteiger partial charge on any atom is 0.449 e. The number of carbonyl (C=O) groups excluding carboxylic acids is 4. The first-order valence-electron chi connectivity index (χ1n) is 45.6. The number of sulfonamides is 3. The molecule has 32 nitrogen and oxygen atoms in total. The zero-order valence-corrected chi connectivity index (χ0v) is 88.3. The lowest BCUT2D eigenvalue weighted by atomic mass is 10.0. The summed E-state index contributed by atoms with van der Waals surface area (Å²) in [4.78, 5) is 56.3. The number of aldehydes is 1. The van der Waals surface area contributed by atoms with Gasteiger partial charge in [0.2, 0.25) is 11.6 Å². The number of carbonyl (C=O) groups is 4. The number of Topliss-reactive ketones (excluding diaryl/α,β-unsaturated/α-hetero) is 2. The number of hydrogen-bond donors (Lipinski definition) is 14. The van der Waals surface area contributed by atoms with Gasteiger partial charge in [-0.3, -0.25) is 28.7 Å². The minimum absolute atomic E-state index is 0.150. The van der Waals surface area contributed by atoms with Crippen molar-refractivity contribution >= 4 is 194 Å². The number of anilines is 7. The Labute approximate surface area is 858 Å². The highest BCUT2D eigenvalue weighted by molar-refractivity contribution is 7.93. The van der Waals surface area contributed by atoms with Gasteiger partial charge in [0.05, 0.1) is 48.9 Å². The molecule has 12 rings (SSSR count). The first-order valence-corrected chi connectivity index (χ1v) is 56.7. The third kappa shape index (κ3) is 46.1. The maximum atomic E-state index is 14.5. The monoisotopic (exact) mass is 2240 g/mol. The lowest BCUT2D eigenvalue weighted by Crippen LogP contribution is -2.46. The number of amides is 1. The van der Waals surface area contributed by atoms with Crippen molar-refractivity contribution in [1.82, 2.24) is 56.7 Å². The zero-order chi connectivity index (χ0) is 105. The number of nitrogens with one attached hydrogen (secondary N) is 13. The Kier molecular flexibility index (Phi) is 54.0. The van der Waals surface area contributed by atoms with E-state index in [1.165, 1.54) is 98.8 Å². The number of ether oxygens (including phenoxy) is 1. The van der Waals surface area contributed by atoms with Crippen LogP contribution in [-0.4, -0.2) is 223 Å². The normalized spacial score (nSPS) is 16.2. The lowest BCUT2D eigenvalue weighted by molar-refractivity contribution is -0.168. The van der Waals surface area contributed by atoms with Crippen molar-refractivity contribution in [3.05, 3.63) is 143 Å². The minimum Gasteiger partial charge on any atom is -0.444 e. The van der Waals surface area contributed by atoms with E-state index in [2.05, 4.69) is 87.3 Å². The van der Waals surface area contributed by atoms with Crippen molar-refractivity contribution in [1.29, 1.82) is 0 Å². The Morgan fingerprint density at radius 3 is 1.04 bits per heavy atom. The van der Waals surface area contributed by atoms with Crippen molar-refractivity contribution in [3.8, 4) is 0 Å². The van der Waals surface area contributed by atoms with Crippen LogP contribution < -0.4 is 73.1 Å². The third-order valence-electron chi connectivity index (χ3n) is 20.8. The Balaban J connectivity index is 0.000000266. The first kappa shape index (κ1) is 123. The molecule has 8 heterocycles. The zero-order valence-electron chi connectivity index (χ0n) is 78.8. The topological polar surface area (TPSA) is 451 Å². The molecule has 4 aliphatic heterocycles. The van der Waals surface area contributed by atoms with Gasteiger partial charge in [0.1, 0.15) is 65.5 Å². The summed E-state index contributed by atoms with van der Waals surface area (Å²) < 4.78 is 233. The fraction of sp³-hybridized carbons (Fsp3) is 0.545. The Hall–Kier alpha value is -7.74. The second-order valence-electron chi connectivity index (χ2n) is 33.4. The number of rotatable bonds is 42. The molecular weight excluding hydrogens is 2120 g/mol. The first-order chi connectivity index (χ1) is 67.1. The molecule has 4 aromatic carbocycles. The number of thiazole rings is 4. The number of likely N-dealkylation sites (tertiary alicyclic amines) is 1. The molecule has 0 unspecified atom stereocenters. The molecule has 4 atom stereocenters. The molecule has 4 aliphatic rings. The Bertz CT molecular complexity index is 5240. The summed E-state index contributed by atoms with van der Waals surface area (Å²) in [5.74, 6) is -7.29. The van der Waals surface area contributed by atoms with E-state index >= 15 is 0 Å². The van der Waals surface area contributed by atoms with Gasteiger partial charge in [0.25, 0.3) is 30.1 Å². The number of nitrogens with two attached hydrogens (primary N) is 1. The molecule has 4 fully saturated rings. The summed E-state index contributed by atoms with van der Waals surface area (Å²) in [7, 11) is -16.1. The van der Waals surface area contributed by atoms with Gasteiger partial charge in [-0.2, -0.15) is 26.3 Å². The van der Waals surface area contributed by atoms with Crippen molar-refractivity contribution < 1.29 is 101 Å². The average molecular weight is 2240 g/mol. The van der Waals surface area contributed by atoms with Gasteiger partial charge >= 0.3 is 18.4 Å². The summed E-state index contributed by atoms with van der Waals surface area (Å²) in [5.41, 5.74) is 6.40. The number of unbranched alkanes of at least 4 members (excludes halogenated alkanes) is 4. The van der Waals surface area contributed by atoms with E-state index in [1.807, 2.05) is 20.8 Å². The van der Waals surface area contributed by atoms with Gasteiger partial charge in [-0.05, 0) is 224 Å². The Morgan fingerprint density at radius 1 is 0.451 bits per heavy atom. The fourth-order valence-electron chi connectivity index (χ4n) is 13.5. The van der Waals surface area contributed by atoms with E-state index < -0.39 is 112 Å². The number of halogens is 14. The minimum atomic E-state index is -4.64. The number of nitrogens with zero attached hydrogens (tertiary/aromatic N) is 5. The molecule has 0 saturated carbocycles. The number of aromatic nitrogens is 4. The van der Waals surface area contributed by atoms with E-state index in [1.54, 1.807) is 21.5 Å². The molecule has 0 radical (unpaired) electrons. The van der Waals surface area contributed by atoms with Crippen molar-refractivity contribution in [2.75, 3.05) is 134 Å². The third-order valence-corrected chi connectivity index (χ3v) is 31.2. The standard InChI is InChI=1S/3C19H27ClFN5O2S2.C14H17ClFN3O2S2.C11H19NO3.2C3H3F3O/c3*20-15-11-18(30(27,28)26-19-25-9-10-29-19)16(21)12-17(15)24-8-4-3-6-22-13-14-5-1-2-7-23-14;15-10-7-13(23(20,21)9-14-19-5-6-22-14)11(16)8-12(10)18-4-2-1-3-17;1-11(2,3)15-10(14)12-7-5-4-6-9(12)8-13;2*1-2(7)3(4,5)6/h3*9-12,14,22-24H,1-8,13H2,(H,25,26);5-8,18H,1-4,9,17H2;8-9H,4-7H2,1-3H3;2*1H3/t3*14-;;9-;;/m111.1../s1. The quantitative estimate of drug-likeness (QED) is 0.00960. The van der Waals surface area contributed by atoms with Crippen LogP contribution in [0.2, 0.25) is 20.1 Å². The highest BCUT2D eigenvalue weighted by Crippen LogP contribution is 2.36. The predicted molar refractivity (Wildman–Crippen MR) is 543 cm³/mol. The van der Waals surface area contributed by atoms with E-state index in [-0.39, 0.29) is 53.4 Å². The average Bonchev–Trinajstić information content (AvgIpc) is 1.18. The van der Waals surface area contributed by atoms with Crippen molar-refractivity contribution in [2.45, 2.75) is 230 Å². The van der Waals surface area contributed by atoms with Gasteiger partial charge in [0.15, 0.2) is 25.2 Å². The molecule has 0 bridgehead atoms. The molecular formula is C88H123Cl4F10N19O13S8. The van der Waals surface area contributed by atoms with Crippen LogP contribution in [-0.2, 0) is 64.8 Å². The smallest absolute Gasteiger partial charge is 0.444 e. The molecule has 1 amide bonds. The summed E-state index contributed by atoms with van der Waals surface area (Å²) in [5, 5.41) is 41.2. The van der Waals surface area contributed by atoms with Crippen molar-refractivity contribution in [2.24, 2.45) is 5.73 Å². The lowest BCUT2D eigenvalue weighted by Gasteiger charge is -2.33. The van der Waals surface area contributed by atoms with Gasteiger partial charge < -0.3 is 68.4 Å². The van der Waals surface area contributed by atoms with Gasteiger partial charge in [-0.1, -0.05) is 65.7 Å². The summed E-state index contributed by atoms with van der Waals surface area (Å²) in [6.07, 6.45) is 18.4. The van der Waals surface area contributed by atoms with E-state index in [4.69, 9.17) is 56.9 Å². The van der Waals surface area contributed by atoms with Crippen LogP contribution in [0.4, 0.5) is 86.8 Å². The predicted octanol–water partition coefficient (Wildman–Crippen LogP) is 18.3. The van der Waals surface area contributed by atoms with Crippen LogP contribution in [0.5, 0.6) is 0 Å². The summed E-state index contributed by atoms with van der Waals surface area (Å²) >= 11 is 29.1. The van der Waals surface area contributed by atoms with Gasteiger partial charge in [-0.25, -0.2) is 76.0 Å². The second-order valence-corrected chi connectivity index (χ2v) is 45.6. The largest absolute Gasteiger partial charge is 0.449 e. The fourth-order valence-corrected chi connectivity index (χ4v) is 22.6. The van der Waals surface area contributed by atoms with E-state index in [9.17, 15) is 96.8 Å². The highest BCUT2D eigenvalue weighted by atomic mass is 35.5. The Morgan fingerprint density at radius 2 is 0.754 bits per heavy atom. The molecule has 54 heteroatoms. The van der Waals surface area contributed by atoms with Crippen LogP contribution in [0.15, 0.2) is 114 Å². The number of hydrogen-bond acceptors (Lipinski definition) is 32. The van der Waals surface area contributed by atoms with Crippen molar-refractivity contribution in [3.63, 3.8) is 0 Å². The van der Waals surface area contributed by atoms with Crippen LogP contribution in [0.1, 0.15) is 168 Å². The number of alkyl halides is 6. The molecule has 794 valence electrons. The van der Waals surface area contributed by atoms with Crippen LogP contribution in [0, 0.1) is 23.3 Å². The number of ketones is 2. The number of sulfone groups is 1.